The standard InChI is InChI=1S/C13H22N2O5/c16-10-4-2-1-3-9(10)15-13(19)14-7-8-5-6-11(20-8)12(17)18/h8-11,16H,1-7H2,(H,17,18)(H2,14,15,19). The lowest BCUT2D eigenvalue weighted by atomic mass is 9.93. The van der Waals surface area contributed by atoms with E-state index in [4.69, 9.17) is 9.84 Å². The van der Waals surface area contributed by atoms with Crippen LogP contribution in [0.25, 0.3) is 0 Å². The van der Waals surface area contributed by atoms with Crippen molar-refractivity contribution in [2.45, 2.75) is 62.9 Å². The van der Waals surface area contributed by atoms with Gasteiger partial charge in [-0.25, -0.2) is 9.59 Å². The second-order valence-electron chi connectivity index (χ2n) is 5.47. The van der Waals surface area contributed by atoms with Crippen LogP contribution in [0.3, 0.4) is 0 Å². The van der Waals surface area contributed by atoms with Crippen LogP contribution in [-0.4, -0.2) is 53.1 Å². The fourth-order valence-electron chi connectivity index (χ4n) is 2.74. The molecule has 2 fully saturated rings. The fraction of sp³-hybridized carbons (Fsp3) is 0.846. The Morgan fingerprint density at radius 2 is 1.90 bits per heavy atom. The molecule has 4 atom stereocenters. The minimum absolute atomic E-state index is 0.194. The maximum atomic E-state index is 11.7. The van der Waals surface area contributed by atoms with Gasteiger partial charge in [0.2, 0.25) is 0 Å². The van der Waals surface area contributed by atoms with Crippen LogP contribution in [0.4, 0.5) is 4.79 Å². The molecule has 7 heteroatoms. The Labute approximate surface area is 117 Å². The molecule has 0 aromatic carbocycles. The number of carboxylic acid groups (broad SMARTS) is 1. The predicted molar refractivity (Wildman–Crippen MR) is 70.3 cm³/mol. The van der Waals surface area contributed by atoms with Gasteiger partial charge in [0.05, 0.1) is 18.2 Å². The van der Waals surface area contributed by atoms with E-state index >= 15 is 0 Å². The van der Waals surface area contributed by atoms with Crippen molar-refractivity contribution in [3.05, 3.63) is 0 Å². The molecule has 4 N–H and O–H groups in total. The number of carbonyl (C=O) groups excluding carboxylic acids is 1. The maximum Gasteiger partial charge on any atom is 0.332 e. The van der Waals surface area contributed by atoms with Gasteiger partial charge in [0.1, 0.15) is 0 Å². The monoisotopic (exact) mass is 286 g/mol. The van der Waals surface area contributed by atoms with E-state index in [0.29, 0.717) is 19.4 Å². The molecule has 1 aliphatic heterocycles. The number of ether oxygens (including phenoxy) is 1. The number of urea groups is 1. The first-order valence-corrected chi connectivity index (χ1v) is 7.17. The summed E-state index contributed by atoms with van der Waals surface area (Å²) in [5.41, 5.74) is 0. The molecule has 0 bridgehead atoms. The highest BCUT2D eigenvalue weighted by Gasteiger charge is 2.31. The molecule has 1 aliphatic carbocycles. The highest BCUT2D eigenvalue weighted by Crippen LogP contribution is 2.20. The summed E-state index contributed by atoms with van der Waals surface area (Å²) >= 11 is 0. The van der Waals surface area contributed by atoms with E-state index in [0.717, 1.165) is 25.7 Å². The Balaban J connectivity index is 1.66. The molecule has 0 aromatic heterocycles. The average molecular weight is 286 g/mol. The van der Waals surface area contributed by atoms with Gasteiger partial charge in [-0.3, -0.25) is 0 Å². The van der Waals surface area contributed by atoms with Gasteiger partial charge in [-0.05, 0) is 25.7 Å². The first kappa shape index (κ1) is 15.1. The zero-order chi connectivity index (χ0) is 14.5. The van der Waals surface area contributed by atoms with E-state index in [-0.39, 0.29) is 18.2 Å². The predicted octanol–water partition coefficient (Wildman–Crippen LogP) is 0.221. The van der Waals surface area contributed by atoms with Crippen LogP contribution in [-0.2, 0) is 9.53 Å². The summed E-state index contributed by atoms with van der Waals surface area (Å²) in [6, 6.07) is -0.529. The summed E-state index contributed by atoms with van der Waals surface area (Å²) < 4.78 is 5.29. The lowest BCUT2D eigenvalue weighted by Crippen LogP contribution is -2.50. The van der Waals surface area contributed by atoms with Crippen molar-refractivity contribution in [2.75, 3.05) is 6.54 Å². The van der Waals surface area contributed by atoms with Crippen LogP contribution in [0.5, 0.6) is 0 Å². The van der Waals surface area contributed by atoms with Gasteiger partial charge in [-0.15, -0.1) is 0 Å². The van der Waals surface area contributed by atoms with Crippen molar-refractivity contribution in [1.82, 2.24) is 10.6 Å². The van der Waals surface area contributed by atoms with E-state index in [9.17, 15) is 14.7 Å². The lowest BCUT2D eigenvalue weighted by molar-refractivity contribution is -0.149. The highest BCUT2D eigenvalue weighted by molar-refractivity contribution is 5.74. The van der Waals surface area contributed by atoms with E-state index in [2.05, 4.69) is 10.6 Å². The smallest absolute Gasteiger partial charge is 0.332 e. The molecule has 0 radical (unpaired) electrons. The normalized spacial score (nSPS) is 33.6. The Bertz CT molecular complexity index is 363. The van der Waals surface area contributed by atoms with Crippen LogP contribution in [0.1, 0.15) is 38.5 Å². The number of carboxylic acids is 1. The molecule has 114 valence electrons. The number of aliphatic hydroxyl groups is 1. The molecule has 1 heterocycles. The molecule has 7 nitrogen and oxygen atoms in total. The molecule has 2 rings (SSSR count). The number of aliphatic hydroxyl groups excluding tert-OH is 1. The zero-order valence-corrected chi connectivity index (χ0v) is 11.4. The number of carbonyl (C=O) groups is 2. The second-order valence-corrected chi connectivity index (χ2v) is 5.47. The number of rotatable bonds is 4. The average Bonchev–Trinajstić information content (AvgIpc) is 2.88. The van der Waals surface area contributed by atoms with Gasteiger partial charge in [0.15, 0.2) is 6.10 Å². The van der Waals surface area contributed by atoms with Crippen LogP contribution in [0.2, 0.25) is 0 Å². The Kier molecular flexibility index (Phi) is 5.19. The summed E-state index contributed by atoms with van der Waals surface area (Å²) in [5, 5.41) is 24.0. The maximum absolute atomic E-state index is 11.7. The molecule has 2 aliphatic rings. The third-order valence-electron chi connectivity index (χ3n) is 3.92. The van der Waals surface area contributed by atoms with E-state index < -0.39 is 18.2 Å². The molecule has 0 aromatic rings. The van der Waals surface area contributed by atoms with Crippen molar-refractivity contribution < 1.29 is 24.5 Å². The largest absolute Gasteiger partial charge is 0.479 e. The van der Waals surface area contributed by atoms with Gasteiger partial charge in [-0.1, -0.05) is 12.8 Å². The van der Waals surface area contributed by atoms with Crippen LogP contribution in [0, 0.1) is 0 Å². The lowest BCUT2D eigenvalue weighted by Gasteiger charge is -2.28. The number of aliphatic carboxylic acids is 1. The molecule has 2 amide bonds. The van der Waals surface area contributed by atoms with Gasteiger partial charge >= 0.3 is 12.0 Å². The highest BCUT2D eigenvalue weighted by atomic mass is 16.5. The number of hydrogen-bond donors (Lipinski definition) is 4. The Morgan fingerprint density at radius 1 is 1.15 bits per heavy atom. The summed E-state index contributed by atoms with van der Waals surface area (Å²) in [6.45, 7) is 0.290. The molecular formula is C13H22N2O5. The van der Waals surface area contributed by atoms with Crippen molar-refractivity contribution in [3.63, 3.8) is 0 Å². The van der Waals surface area contributed by atoms with Crippen molar-refractivity contribution >= 4 is 12.0 Å². The summed E-state index contributed by atoms with van der Waals surface area (Å²) in [5.74, 6) is -0.956. The number of amides is 2. The van der Waals surface area contributed by atoms with E-state index in [1.54, 1.807) is 0 Å². The van der Waals surface area contributed by atoms with Crippen LogP contribution >= 0.6 is 0 Å². The minimum Gasteiger partial charge on any atom is -0.479 e. The van der Waals surface area contributed by atoms with Crippen LogP contribution < -0.4 is 10.6 Å². The van der Waals surface area contributed by atoms with Gasteiger partial charge < -0.3 is 25.6 Å². The minimum atomic E-state index is -0.956. The summed E-state index contributed by atoms with van der Waals surface area (Å²) in [4.78, 5) is 22.5. The molecule has 1 saturated heterocycles. The third-order valence-corrected chi connectivity index (χ3v) is 3.92. The fourth-order valence-corrected chi connectivity index (χ4v) is 2.74. The molecule has 4 unspecified atom stereocenters. The van der Waals surface area contributed by atoms with Crippen molar-refractivity contribution in [3.8, 4) is 0 Å². The van der Waals surface area contributed by atoms with Crippen LogP contribution in [0.15, 0.2) is 0 Å². The summed E-state index contributed by atoms with van der Waals surface area (Å²) in [7, 11) is 0. The third kappa shape index (κ3) is 4.08. The first-order chi connectivity index (χ1) is 9.56. The van der Waals surface area contributed by atoms with E-state index in [1.807, 2.05) is 0 Å². The second kappa shape index (κ2) is 6.90. The molecule has 1 saturated carbocycles. The number of nitrogens with one attached hydrogen (secondary N) is 2. The topological polar surface area (TPSA) is 108 Å². The quantitative estimate of drug-likeness (QED) is 0.591. The summed E-state index contributed by atoms with van der Waals surface area (Å²) in [6.07, 6.45) is 3.12. The SMILES string of the molecule is O=C(NCC1CCC(C(=O)O)O1)NC1CCCCC1O. The number of hydrogen-bond acceptors (Lipinski definition) is 4. The van der Waals surface area contributed by atoms with Gasteiger partial charge in [0, 0.05) is 6.54 Å². The van der Waals surface area contributed by atoms with Gasteiger partial charge in [0.25, 0.3) is 0 Å². The van der Waals surface area contributed by atoms with Crippen molar-refractivity contribution in [1.29, 1.82) is 0 Å². The van der Waals surface area contributed by atoms with Gasteiger partial charge in [-0.2, -0.15) is 0 Å². The molecular weight excluding hydrogens is 264 g/mol. The Morgan fingerprint density at radius 3 is 2.55 bits per heavy atom. The Hall–Kier alpha value is -1.34. The molecule has 0 spiro atoms. The van der Waals surface area contributed by atoms with E-state index in [1.165, 1.54) is 0 Å². The zero-order valence-electron chi connectivity index (χ0n) is 11.4. The van der Waals surface area contributed by atoms with Crippen molar-refractivity contribution in [2.24, 2.45) is 0 Å². The molecule has 20 heavy (non-hydrogen) atoms. The first-order valence-electron chi connectivity index (χ1n) is 7.17.